The van der Waals surface area contributed by atoms with Gasteiger partial charge in [0.2, 0.25) is 5.91 Å². The molecule has 0 aromatic carbocycles. The van der Waals surface area contributed by atoms with Crippen LogP contribution in [0.2, 0.25) is 0 Å². The highest BCUT2D eigenvalue weighted by Crippen LogP contribution is 2.22. The molecule has 1 heterocycles. The van der Waals surface area contributed by atoms with Crippen molar-refractivity contribution in [1.82, 2.24) is 20.1 Å². The third kappa shape index (κ3) is 3.44. The van der Waals surface area contributed by atoms with Crippen molar-refractivity contribution in [2.24, 2.45) is 11.5 Å². The first-order chi connectivity index (χ1) is 8.49. The molecule has 0 saturated carbocycles. The predicted octanol–water partition coefficient (Wildman–Crippen LogP) is -0.568. The number of urea groups is 1. The summed E-state index contributed by atoms with van der Waals surface area (Å²) in [6.07, 6.45) is 0. The van der Waals surface area contributed by atoms with Gasteiger partial charge in [-0.15, -0.1) is 10.2 Å². The van der Waals surface area contributed by atoms with E-state index in [2.05, 4.69) is 10.2 Å². The van der Waals surface area contributed by atoms with Gasteiger partial charge in [0.15, 0.2) is 5.16 Å². The predicted molar refractivity (Wildman–Crippen MR) is 66.6 cm³/mol. The van der Waals surface area contributed by atoms with Crippen LogP contribution in [0, 0.1) is 0 Å². The number of primary amides is 1. The van der Waals surface area contributed by atoms with Crippen molar-refractivity contribution < 1.29 is 9.59 Å². The molecule has 3 amide bonds. The summed E-state index contributed by atoms with van der Waals surface area (Å²) in [4.78, 5) is 22.1. The minimum absolute atomic E-state index is 0.281. The minimum Gasteiger partial charge on any atom is -0.351 e. The monoisotopic (exact) mass is 272 g/mol. The van der Waals surface area contributed by atoms with Gasteiger partial charge in [-0.1, -0.05) is 11.8 Å². The number of nitrogens with two attached hydrogens (primary N) is 2. The maximum atomic E-state index is 11.5. The number of hydrogen-bond acceptors (Lipinski definition) is 6. The van der Waals surface area contributed by atoms with Gasteiger partial charge in [0.05, 0.1) is 11.8 Å². The van der Waals surface area contributed by atoms with Gasteiger partial charge < -0.3 is 16.0 Å². The van der Waals surface area contributed by atoms with E-state index in [1.54, 1.807) is 6.92 Å². The second-order valence-electron chi connectivity index (χ2n) is 3.46. The number of nitrogens with zero attached hydrogens (tertiary/aromatic N) is 3. The maximum absolute atomic E-state index is 11.5. The highest BCUT2D eigenvalue weighted by Gasteiger charge is 2.20. The van der Waals surface area contributed by atoms with Gasteiger partial charge in [-0.3, -0.25) is 10.1 Å². The lowest BCUT2D eigenvalue weighted by atomic mass is 10.4. The van der Waals surface area contributed by atoms with Crippen LogP contribution in [0.1, 0.15) is 19.7 Å². The number of hydrogen-bond donors (Lipinski definition) is 3. The zero-order valence-corrected chi connectivity index (χ0v) is 11.0. The molecule has 0 fully saturated rings. The minimum atomic E-state index is -0.868. The van der Waals surface area contributed by atoms with Crippen LogP contribution in [-0.2, 0) is 17.9 Å². The molecule has 0 aliphatic heterocycles. The van der Waals surface area contributed by atoms with E-state index in [1.165, 1.54) is 11.8 Å². The Morgan fingerprint density at radius 3 is 2.67 bits per heavy atom. The lowest BCUT2D eigenvalue weighted by Crippen LogP contribution is -2.39. The number of amides is 3. The van der Waals surface area contributed by atoms with Crippen molar-refractivity contribution in [3.63, 3.8) is 0 Å². The standard InChI is InChI=1S/C9H16N6O2S/c1-3-15-6(4-10)13-14-9(15)18-5(2)7(16)12-8(11)17/h5H,3-4,10H2,1-2H3,(H3,11,12,16,17). The molecule has 5 N–H and O–H groups in total. The molecule has 0 radical (unpaired) electrons. The van der Waals surface area contributed by atoms with Crippen molar-refractivity contribution in [3.8, 4) is 0 Å². The summed E-state index contributed by atoms with van der Waals surface area (Å²) < 4.78 is 1.82. The van der Waals surface area contributed by atoms with Crippen LogP contribution in [-0.4, -0.2) is 32.0 Å². The fraction of sp³-hybridized carbons (Fsp3) is 0.556. The number of nitrogens with one attached hydrogen (secondary N) is 1. The molecular weight excluding hydrogens is 256 g/mol. The molecule has 8 nitrogen and oxygen atoms in total. The average Bonchev–Trinajstić information content (AvgIpc) is 2.69. The number of carbonyl (C=O) groups is 2. The second kappa shape index (κ2) is 6.36. The van der Waals surface area contributed by atoms with Gasteiger partial charge in [0.1, 0.15) is 5.82 Å². The quantitative estimate of drug-likeness (QED) is 0.616. The molecule has 9 heteroatoms. The number of imide groups is 1. The third-order valence-corrected chi connectivity index (χ3v) is 3.27. The summed E-state index contributed by atoms with van der Waals surface area (Å²) in [6, 6.07) is -0.868. The topological polar surface area (TPSA) is 129 Å². The van der Waals surface area contributed by atoms with E-state index >= 15 is 0 Å². The van der Waals surface area contributed by atoms with Crippen molar-refractivity contribution >= 4 is 23.7 Å². The van der Waals surface area contributed by atoms with Gasteiger partial charge in [0.25, 0.3) is 0 Å². The zero-order valence-electron chi connectivity index (χ0n) is 10.2. The van der Waals surface area contributed by atoms with Crippen LogP contribution in [0.25, 0.3) is 0 Å². The Hall–Kier alpha value is -1.61. The summed E-state index contributed by atoms with van der Waals surface area (Å²) in [5.74, 6) is 0.190. The first kappa shape index (κ1) is 14.5. The summed E-state index contributed by atoms with van der Waals surface area (Å²) in [7, 11) is 0. The smallest absolute Gasteiger partial charge is 0.318 e. The van der Waals surface area contributed by atoms with E-state index < -0.39 is 17.2 Å². The zero-order chi connectivity index (χ0) is 13.7. The van der Waals surface area contributed by atoms with Gasteiger partial charge in [-0.25, -0.2) is 4.79 Å². The van der Waals surface area contributed by atoms with Crippen LogP contribution < -0.4 is 16.8 Å². The largest absolute Gasteiger partial charge is 0.351 e. The summed E-state index contributed by atoms with van der Waals surface area (Å²) >= 11 is 1.20. The highest BCUT2D eigenvalue weighted by atomic mass is 32.2. The van der Waals surface area contributed by atoms with Crippen molar-refractivity contribution in [2.45, 2.75) is 37.3 Å². The molecule has 1 rings (SSSR count). The first-order valence-electron chi connectivity index (χ1n) is 5.38. The normalized spacial score (nSPS) is 12.2. The molecule has 0 saturated heterocycles. The second-order valence-corrected chi connectivity index (χ2v) is 4.77. The summed E-state index contributed by atoms with van der Waals surface area (Å²) in [6.45, 7) is 4.52. The molecule has 0 aliphatic carbocycles. The van der Waals surface area contributed by atoms with Crippen molar-refractivity contribution in [2.75, 3.05) is 0 Å². The first-order valence-corrected chi connectivity index (χ1v) is 6.26. The Labute approximate surface area is 108 Å². The number of thioether (sulfide) groups is 1. The van der Waals surface area contributed by atoms with Gasteiger partial charge >= 0.3 is 6.03 Å². The Morgan fingerprint density at radius 2 is 2.17 bits per heavy atom. The number of carbonyl (C=O) groups excluding carboxylic acids is 2. The molecule has 1 aromatic heterocycles. The van der Waals surface area contributed by atoms with E-state index in [0.717, 1.165) is 0 Å². The maximum Gasteiger partial charge on any atom is 0.318 e. The van der Waals surface area contributed by atoms with Crippen LogP contribution in [0.15, 0.2) is 5.16 Å². The molecule has 1 unspecified atom stereocenters. The van der Waals surface area contributed by atoms with E-state index in [-0.39, 0.29) is 6.54 Å². The SMILES string of the molecule is CCn1c(CN)nnc1SC(C)C(=O)NC(N)=O. The van der Waals surface area contributed by atoms with E-state index in [1.807, 2.05) is 16.8 Å². The fourth-order valence-electron chi connectivity index (χ4n) is 1.31. The van der Waals surface area contributed by atoms with Gasteiger partial charge in [-0.2, -0.15) is 0 Å². The van der Waals surface area contributed by atoms with Crippen LogP contribution >= 0.6 is 11.8 Å². The summed E-state index contributed by atoms with van der Waals surface area (Å²) in [5, 5.41) is 9.99. The lowest BCUT2D eigenvalue weighted by molar-refractivity contribution is -0.119. The van der Waals surface area contributed by atoms with E-state index in [0.29, 0.717) is 17.5 Å². The lowest BCUT2D eigenvalue weighted by Gasteiger charge is -2.10. The molecule has 18 heavy (non-hydrogen) atoms. The van der Waals surface area contributed by atoms with Crippen molar-refractivity contribution in [3.05, 3.63) is 5.82 Å². The Bertz CT molecular complexity index is 446. The molecule has 100 valence electrons. The number of aromatic nitrogens is 3. The average molecular weight is 272 g/mol. The molecule has 0 spiro atoms. The Balaban J connectivity index is 2.75. The molecule has 0 bridgehead atoms. The van der Waals surface area contributed by atoms with Gasteiger partial charge in [-0.05, 0) is 13.8 Å². The molecule has 0 aliphatic rings. The van der Waals surface area contributed by atoms with Crippen LogP contribution in [0.3, 0.4) is 0 Å². The Morgan fingerprint density at radius 1 is 1.50 bits per heavy atom. The third-order valence-electron chi connectivity index (χ3n) is 2.19. The Kier molecular flexibility index (Phi) is 5.10. The van der Waals surface area contributed by atoms with Crippen LogP contribution in [0.5, 0.6) is 0 Å². The van der Waals surface area contributed by atoms with Crippen LogP contribution in [0.4, 0.5) is 4.79 Å². The van der Waals surface area contributed by atoms with E-state index in [9.17, 15) is 9.59 Å². The number of rotatable bonds is 5. The van der Waals surface area contributed by atoms with Crippen molar-refractivity contribution in [1.29, 1.82) is 0 Å². The highest BCUT2D eigenvalue weighted by molar-refractivity contribution is 8.00. The van der Waals surface area contributed by atoms with E-state index in [4.69, 9.17) is 11.5 Å². The molecule has 1 aromatic rings. The molecule has 1 atom stereocenters. The summed E-state index contributed by atoms with van der Waals surface area (Å²) in [5.41, 5.74) is 10.4. The van der Waals surface area contributed by atoms with Gasteiger partial charge in [0, 0.05) is 6.54 Å². The fourth-order valence-corrected chi connectivity index (χ4v) is 2.24. The molecular formula is C9H16N6O2S.